The molecule has 3 rings (SSSR count). The van der Waals surface area contributed by atoms with E-state index in [9.17, 15) is 4.39 Å². The molecule has 0 amide bonds. The summed E-state index contributed by atoms with van der Waals surface area (Å²) in [7, 11) is 0. The first-order valence-corrected chi connectivity index (χ1v) is 7.53. The van der Waals surface area contributed by atoms with Gasteiger partial charge in [0.05, 0.1) is 31.6 Å². The number of H-pyrrole nitrogens is 1. The lowest BCUT2D eigenvalue weighted by molar-refractivity contribution is -0.0117. The Bertz CT molecular complexity index is 577. The Morgan fingerprint density at radius 2 is 2.27 bits per heavy atom. The van der Waals surface area contributed by atoms with Gasteiger partial charge in [0.15, 0.2) is 11.6 Å². The van der Waals surface area contributed by atoms with E-state index in [0.29, 0.717) is 19.0 Å². The molecule has 1 fully saturated rings. The Morgan fingerprint density at radius 3 is 3.09 bits per heavy atom. The van der Waals surface area contributed by atoms with Gasteiger partial charge in [0, 0.05) is 19.3 Å². The fraction of sp³-hybridized carbons (Fsp3) is 0.438. The Morgan fingerprint density at radius 1 is 1.36 bits per heavy atom. The summed E-state index contributed by atoms with van der Waals surface area (Å²) in [5, 5.41) is 7.01. The van der Waals surface area contributed by atoms with Crippen molar-refractivity contribution >= 4 is 0 Å². The maximum absolute atomic E-state index is 13.5. The lowest BCUT2D eigenvalue weighted by atomic mass is 10.1. The van der Waals surface area contributed by atoms with Crippen molar-refractivity contribution in [3.05, 3.63) is 48.0 Å². The molecule has 0 aliphatic carbocycles. The molecule has 1 N–H and O–H groups in total. The minimum atomic E-state index is -0.316. The number of nitrogens with one attached hydrogen (secondary N) is 1. The highest BCUT2D eigenvalue weighted by molar-refractivity contribution is 5.23. The minimum Gasteiger partial charge on any atom is -0.490 e. The molecule has 0 bridgehead atoms. The summed E-state index contributed by atoms with van der Waals surface area (Å²) in [5.41, 5.74) is 1.06. The van der Waals surface area contributed by atoms with Crippen LogP contribution in [0.15, 0.2) is 36.5 Å². The van der Waals surface area contributed by atoms with Crippen LogP contribution in [0.3, 0.4) is 0 Å². The van der Waals surface area contributed by atoms with Gasteiger partial charge in [0.2, 0.25) is 0 Å². The van der Waals surface area contributed by atoms with Gasteiger partial charge < -0.3 is 9.47 Å². The van der Waals surface area contributed by atoms with Crippen molar-refractivity contribution < 1.29 is 13.9 Å². The van der Waals surface area contributed by atoms with Gasteiger partial charge in [-0.15, -0.1) is 0 Å². The molecule has 1 aliphatic heterocycles. The van der Waals surface area contributed by atoms with E-state index < -0.39 is 0 Å². The zero-order valence-electron chi connectivity index (χ0n) is 12.4. The van der Waals surface area contributed by atoms with Crippen molar-refractivity contribution in [1.29, 1.82) is 0 Å². The average Bonchev–Trinajstić information content (AvgIpc) is 3.08. The number of para-hydroxylation sites is 1. The summed E-state index contributed by atoms with van der Waals surface area (Å²) in [6.45, 7) is 3.65. The van der Waals surface area contributed by atoms with Crippen LogP contribution in [0.5, 0.6) is 5.75 Å². The first-order chi connectivity index (χ1) is 10.8. The second kappa shape index (κ2) is 7.38. The fourth-order valence-corrected chi connectivity index (χ4v) is 2.66. The molecule has 1 unspecified atom stereocenters. The van der Waals surface area contributed by atoms with Crippen LogP contribution in [0.2, 0.25) is 0 Å². The average molecular weight is 305 g/mol. The Balaban J connectivity index is 1.49. The molecule has 6 heteroatoms. The first kappa shape index (κ1) is 15.0. The van der Waals surface area contributed by atoms with Crippen LogP contribution in [-0.4, -0.2) is 48.0 Å². The highest BCUT2D eigenvalue weighted by atomic mass is 19.1. The molecule has 1 aromatic carbocycles. The third-order valence-electron chi connectivity index (χ3n) is 3.80. The summed E-state index contributed by atoms with van der Waals surface area (Å²) < 4.78 is 24.5. The topological polar surface area (TPSA) is 50.4 Å². The molecule has 0 saturated carbocycles. The van der Waals surface area contributed by atoms with E-state index in [-0.39, 0.29) is 11.9 Å². The molecule has 1 aliphatic rings. The van der Waals surface area contributed by atoms with Crippen LogP contribution in [0.1, 0.15) is 18.2 Å². The maximum Gasteiger partial charge on any atom is 0.165 e. The van der Waals surface area contributed by atoms with E-state index in [4.69, 9.17) is 9.47 Å². The molecule has 1 saturated heterocycles. The van der Waals surface area contributed by atoms with E-state index in [1.807, 2.05) is 6.07 Å². The van der Waals surface area contributed by atoms with Crippen molar-refractivity contribution in [1.82, 2.24) is 15.1 Å². The maximum atomic E-state index is 13.5. The van der Waals surface area contributed by atoms with Crippen molar-refractivity contribution in [2.75, 3.05) is 32.9 Å². The molecular weight excluding hydrogens is 285 g/mol. The number of nitrogens with zero attached hydrogens (tertiary/aromatic N) is 2. The van der Waals surface area contributed by atoms with Crippen molar-refractivity contribution in [2.45, 2.75) is 12.5 Å². The predicted molar refractivity (Wildman–Crippen MR) is 80.2 cm³/mol. The largest absolute Gasteiger partial charge is 0.490 e. The highest BCUT2D eigenvalue weighted by Gasteiger charge is 2.25. The number of morpholine rings is 1. The minimum absolute atomic E-state index is 0.199. The normalized spacial score (nSPS) is 19.2. The lowest BCUT2D eigenvalue weighted by Crippen LogP contribution is -2.40. The first-order valence-electron chi connectivity index (χ1n) is 7.53. The van der Waals surface area contributed by atoms with Gasteiger partial charge >= 0.3 is 0 Å². The Labute approximate surface area is 129 Å². The smallest absolute Gasteiger partial charge is 0.165 e. The fourth-order valence-electron chi connectivity index (χ4n) is 2.66. The molecule has 5 nitrogen and oxygen atoms in total. The van der Waals surface area contributed by atoms with Gasteiger partial charge in [0.25, 0.3) is 0 Å². The van der Waals surface area contributed by atoms with Crippen LogP contribution >= 0.6 is 0 Å². The van der Waals surface area contributed by atoms with Gasteiger partial charge in [-0.1, -0.05) is 12.1 Å². The molecule has 1 atom stereocenters. The quantitative estimate of drug-likeness (QED) is 0.833. The van der Waals surface area contributed by atoms with Crippen molar-refractivity contribution in [2.24, 2.45) is 0 Å². The molecule has 2 aromatic rings. The van der Waals surface area contributed by atoms with Crippen LogP contribution in [0.4, 0.5) is 4.39 Å². The second-order valence-electron chi connectivity index (χ2n) is 5.27. The number of aromatic amines is 1. The van der Waals surface area contributed by atoms with Gasteiger partial charge in [-0.05, 0) is 24.6 Å². The van der Waals surface area contributed by atoms with Crippen LogP contribution in [0.25, 0.3) is 0 Å². The zero-order valence-corrected chi connectivity index (χ0v) is 12.4. The summed E-state index contributed by atoms with van der Waals surface area (Å²) >= 11 is 0. The number of hydrogen-bond donors (Lipinski definition) is 1. The number of hydrogen-bond acceptors (Lipinski definition) is 4. The van der Waals surface area contributed by atoms with Gasteiger partial charge in [-0.2, -0.15) is 5.10 Å². The predicted octanol–water partition coefficient (Wildman–Crippen LogP) is 2.39. The van der Waals surface area contributed by atoms with Crippen LogP contribution < -0.4 is 4.74 Å². The van der Waals surface area contributed by atoms with E-state index >= 15 is 0 Å². The van der Waals surface area contributed by atoms with Crippen LogP contribution in [-0.2, 0) is 4.74 Å². The van der Waals surface area contributed by atoms with E-state index in [1.165, 1.54) is 6.07 Å². The molecule has 1 aromatic heterocycles. The summed E-state index contributed by atoms with van der Waals surface area (Å²) in [5.74, 6) is -0.00111. The van der Waals surface area contributed by atoms with E-state index in [1.54, 1.807) is 24.4 Å². The third kappa shape index (κ3) is 3.64. The number of rotatable bonds is 6. The van der Waals surface area contributed by atoms with Crippen molar-refractivity contribution in [3.8, 4) is 5.75 Å². The summed E-state index contributed by atoms with van der Waals surface area (Å²) in [6, 6.07) is 8.66. The number of ether oxygens (including phenoxy) is 2. The standard InChI is InChI=1S/C16H20FN3O2/c17-13-4-1-2-5-16(13)22-10-3-8-20-9-11-21-12-15(20)14-6-7-18-19-14/h1-2,4-7,15H,3,8-12H2,(H,18,19). The summed E-state index contributed by atoms with van der Waals surface area (Å²) in [6.07, 6.45) is 2.59. The molecule has 22 heavy (non-hydrogen) atoms. The van der Waals surface area contributed by atoms with Gasteiger partial charge in [0.1, 0.15) is 0 Å². The van der Waals surface area contributed by atoms with E-state index in [0.717, 1.165) is 31.8 Å². The number of benzene rings is 1. The van der Waals surface area contributed by atoms with Gasteiger partial charge in [-0.3, -0.25) is 10.00 Å². The Kier molecular flexibility index (Phi) is 5.03. The SMILES string of the molecule is Fc1ccccc1OCCCN1CCOCC1c1ccn[nH]1. The number of aromatic nitrogens is 2. The monoisotopic (exact) mass is 305 g/mol. The van der Waals surface area contributed by atoms with Crippen molar-refractivity contribution in [3.63, 3.8) is 0 Å². The molecule has 0 radical (unpaired) electrons. The highest BCUT2D eigenvalue weighted by Crippen LogP contribution is 2.22. The lowest BCUT2D eigenvalue weighted by Gasteiger charge is -2.34. The summed E-state index contributed by atoms with van der Waals surface area (Å²) in [4.78, 5) is 2.35. The zero-order chi connectivity index (χ0) is 15.2. The second-order valence-corrected chi connectivity index (χ2v) is 5.27. The molecular formula is C16H20FN3O2. The molecule has 2 heterocycles. The van der Waals surface area contributed by atoms with Gasteiger partial charge in [-0.25, -0.2) is 4.39 Å². The Hall–Kier alpha value is -1.92. The molecule has 118 valence electrons. The third-order valence-corrected chi connectivity index (χ3v) is 3.80. The van der Waals surface area contributed by atoms with Crippen LogP contribution in [0, 0.1) is 5.82 Å². The number of halogens is 1. The molecule has 0 spiro atoms. The van der Waals surface area contributed by atoms with E-state index in [2.05, 4.69) is 15.1 Å².